The number of likely N-dealkylation sites (tertiary alicyclic amines) is 1. The highest BCUT2D eigenvalue weighted by atomic mass is 19.1. The Bertz CT molecular complexity index is 1270. The van der Waals surface area contributed by atoms with Gasteiger partial charge in [0.05, 0.1) is 5.69 Å². The SMILES string of the molecule is Cc1c(-c2ccc(F)cc2)n(Cc2ccc(OCCN3CCCCCC3)cc2)c2ccc(O)cc12. The standard InChI is InChI=1S/C30H33FN2O2/c1-22-28-20-26(34)12-15-29(28)33(30(22)24-8-10-25(31)11-9-24)21-23-6-13-27(14-7-23)35-19-18-32-16-4-2-3-5-17-32/h6-15,20,34H,2-5,16-19,21H2,1H3. The maximum absolute atomic E-state index is 13.6. The van der Waals surface area contributed by atoms with Gasteiger partial charge in [0.1, 0.15) is 23.9 Å². The molecule has 0 aliphatic carbocycles. The molecular weight excluding hydrogens is 439 g/mol. The lowest BCUT2D eigenvalue weighted by atomic mass is 10.1. The van der Waals surface area contributed by atoms with Crippen LogP contribution in [0.4, 0.5) is 4.39 Å². The van der Waals surface area contributed by atoms with Gasteiger partial charge in [0.15, 0.2) is 0 Å². The summed E-state index contributed by atoms with van der Waals surface area (Å²) < 4.78 is 21.9. The number of phenols is 1. The first-order chi connectivity index (χ1) is 17.1. The number of ether oxygens (including phenoxy) is 1. The molecule has 35 heavy (non-hydrogen) atoms. The second-order valence-electron chi connectivity index (χ2n) is 9.52. The van der Waals surface area contributed by atoms with Crippen molar-refractivity contribution >= 4 is 10.9 Å². The van der Waals surface area contributed by atoms with Crippen LogP contribution in [0.25, 0.3) is 22.2 Å². The summed E-state index contributed by atoms with van der Waals surface area (Å²) in [6, 6.07) is 20.4. The topological polar surface area (TPSA) is 37.6 Å². The number of hydrogen-bond donors (Lipinski definition) is 1. The number of phenolic OH excluding ortho intramolecular Hbond substituents is 1. The molecule has 5 rings (SSSR count). The summed E-state index contributed by atoms with van der Waals surface area (Å²) in [6.07, 6.45) is 5.28. The summed E-state index contributed by atoms with van der Waals surface area (Å²) in [5.74, 6) is 0.879. The van der Waals surface area contributed by atoms with Crippen LogP contribution >= 0.6 is 0 Å². The number of benzene rings is 3. The van der Waals surface area contributed by atoms with Crippen LogP contribution in [0.3, 0.4) is 0 Å². The molecule has 2 heterocycles. The van der Waals surface area contributed by atoms with E-state index < -0.39 is 0 Å². The molecule has 4 aromatic rings. The van der Waals surface area contributed by atoms with Crippen LogP contribution in [0.2, 0.25) is 0 Å². The Kier molecular flexibility index (Phi) is 7.05. The van der Waals surface area contributed by atoms with E-state index in [0.29, 0.717) is 13.2 Å². The van der Waals surface area contributed by atoms with Gasteiger partial charge < -0.3 is 14.4 Å². The third-order valence-electron chi connectivity index (χ3n) is 7.06. The second-order valence-corrected chi connectivity index (χ2v) is 9.52. The van der Waals surface area contributed by atoms with Crippen LogP contribution in [0, 0.1) is 12.7 Å². The molecule has 1 aliphatic heterocycles. The molecule has 0 unspecified atom stereocenters. The van der Waals surface area contributed by atoms with Gasteiger partial charge in [0.2, 0.25) is 0 Å². The first-order valence-electron chi connectivity index (χ1n) is 12.6. The fraction of sp³-hybridized carbons (Fsp3) is 0.333. The quantitative estimate of drug-likeness (QED) is 0.323. The fourth-order valence-electron chi connectivity index (χ4n) is 5.18. The number of hydrogen-bond acceptors (Lipinski definition) is 3. The molecule has 1 saturated heterocycles. The maximum Gasteiger partial charge on any atom is 0.123 e. The van der Waals surface area contributed by atoms with Gasteiger partial charge in [-0.15, -0.1) is 0 Å². The Hall–Kier alpha value is -3.31. The Labute approximate surface area is 206 Å². The van der Waals surface area contributed by atoms with Crippen molar-refractivity contribution in [3.63, 3.8) is 0 Å². The van der Waals surface area contributed by atoms with Gasteiger partial charge in [-0.3, -0.25) is 4.90 Å². The number of rotatable bonds is 7. The summed E-state index contributed by atoms with van der Waals surface area (Å²) >= 11 is 0. The zero-order valence-corrected chi connectivity index (χ0v) is 20.3. The van der Waals surface area contributed by atoms with Gasteiger partial charge in [-0.2, -0.15) is 0 Å². The predicted molar refractivity (Wildman–Crippen MR) is 140 cm³/mol. The molecule has 0 radical (unpaired) electrons. The number of aryl methyl sites for hydroxylation is 1. The van der Waals surface area contributed by atoms with Crippen molar-refractivity contribution in [3.8, 4) is 22.8 Å². The first kappa shape index (κ1) is 23.4. The van der Waals surface area contributed by atoms with E-state index in [1.807, 2.05) is 30.3 Å². The van der Waals surface area contributed by atoms with Crippen molar-refractivity contribution in [1.29, 1.82) is 0 Å². The van der Waals surface area contributed by atoms with E-state index in [1.54, 1.807) is 12.1 Å². The Balaban J connectivity index is 1.35. The van der Waals surface area contributed by atoms with Crippen molar-refractivity contribution in [3.05, 3.63) is 83.7 Å². The molecular formula is C30H33FN2O2. The van der Waals surface area contributed by atoms with E-state index in [1.165, 1.54) is 50.9 Å². The molecule has 3 aromatic carbocycles. The summed E-state index contributed by atoms with van der Waals surface area (Å²) in [5, 5.41) is 11.1. The van der Waals surface area contributed by atoms with Gasteiger partial charge >= 0.3 is 0 Å². The van der Waals surface area contributed by atoms with Crippen molar-refractivity contribution < 1.29 is 14.2 Å². The minimum absolute atomic E-state index is 0.241. The van der Waals surface area contributed by atoms with Crippen LogP contribution in [0.1, 0.15) is 36.8 Å². The van der Waals surface area contributed by atoms with Crippen LogP contribution in [-0.4, -0.2) is 40.8 Å². The van der Waals surface area contributed by atoms with E-state index in [2.05, 4.69) is 28.5 Å². The maximum atomic E-state index is 13.6. The molecule has 5 heteroatoms. The highest BCUT2D eigenvalue weighted by Gasteiger charge is 2.17. The zero-order chi connectivity index (χ0) is 24.2. The van der Waals surface area contributed by atoms with Gasteiger partial charge in [0, 0.05) is 24.0 Å². The number of aromatic hydroxyl groups is 1. The van der Waals surface area contributed by atoms with Crippen LogP contribution in [0.15, 0.2) is 66.7 Å². The molecule has 0 bridgehead atoms. The zero-order valence-electron chi connectivity index (χ0n) is 20.3. The molecule has 1 aliphatic rings. The molecule has 1 N–H and O–H groups in total. The van der Waals surface area contributed by atoms with E-state index >= 15 is 0 Å². The van der Waals surface area contributed by atoms with E-state index in [9.17, 15) is 9.50 Å². The molecule has 0 amide bonds. The number of nitrogens with zero attached hydrogens (tertiary/aromatic N) is 2. The number of fused-ring (bicyclic) bond motifs is 1. The fourth-order valence-corrected chi connectivity index (χ4v) is 5.18. The summed E-state index contributed by atoms with van der Waals surface area (Å²) in [4.78, 5) is 2.51. The first-order valence-corrected chi connectivity index (χ1v) is 12.6. The molecule has 1 fully saturated rings. The average Bonchev–Trinajstić information content (AvgIpc) is 3.01. The number of halogens is 1. The van der Waals surface area contributed by atoms with Gasteiger partial charge in [-0.05, 0) is 104 Å². The Morgan fingerprint density at radius 3 is 2.31 bits per heavy atom. The van der Waals surface area contributed by atoms with Gasteiger partial charge in [-0.1, -0.05) is 25.0 Å². The van der Waals surface area contributed by atoms with Crippen molar-refractivity contribution in [2.75, 3.05) is 26.2 Å². The minimum atomic E-state index is -0.252. The lowest BCUT2D eigenvalue weighted by Crippen LogP contribution is -2.29. The monoisotopic (exact) mass is 472 g/mol. The lowest BCUT2D eigenvalue weighted by molar-refractivity contribution is 0.214. The summed E-state index contributed by atoms with van der Waals surface area (Å²) in [5.41, 5.74) is 5.24. The molecule has 0 atom stereocenters. The lowest BCUT2D eigenvalue weighted by Gasteiger charge is -2.19. The third kappa shape index (κ3) is 5.35. The Morgan fingerprint density at radius 2 is 1.60 bits per heavy atom. The average molecular weight is 473 g/mol. The Morgan fingerprint density at radius 1 is 0.886 bits per heavy atom. The third-order valence-corrected chi connectivity index (χ3v) is 7.06. The number of aromatic nitrogens is 1. The highest BCUT2D eigenvalue weighted by molar-refractivity contribution is 5.92. The van der Waals surface area contributed by atoms with E-state index in [0.717, 1.165) is 45.6 Å². The van der Waals surface area contributed by atoms with Gasteiger partial charge in [0.25, 0.3) is 0 Å². The van der Waals surface area contributed by atoms with E-state index in [4.69, 9.17) is 4.74 Å². The highest BCUT2D eigenvalue weighted by Crippen LogP contribution is 2.35. The largest absolute Gasteiger partial charge is 0.508 e. The molecule has 0 spiro atoms. The van der Waals surface area contributed by atoms with Crippen molar-refractivity contribution in [2.24, 2.45) is 0 Å². The van der Waals surface area contributed by atoms with Gasteiger partial charge in [-0.25, -0.2) is 4.39 Å². The smallest absolute Gasteiger partial charge is 0.123 e. The van der Waals surface area contributed by atoms with E-state index in [-0.39, 0.29) is 11.6 Å². The van der Waals surface area contributed by atoms with Crippen molar-refractivity contribution in [1.82, 2.24) is 9.47 Å². The molecule has 4 nitrogen and oxygen atoms in total. The van der Waals surface area contributed by atoms with Crippen LogP contribution < -0.4 is 4.74 Å². The van der Waals surface area contributed by atoms with Crippen LogP contribution in [-0.2, 0) is 6.54 Å². The molecule has 0 saturated carbocycles. The van der Waals surface area contributed by atoms with Crippen LogP contribution in [0.5, 0.6) is 11.5 Å². The predicted octanol–water partition coefficient (Wildman–Crippen LogP) is 6.76. The second kappa shape index (κ2) is 10.5. The minimum Gasteiger partial charge on any atom is -0.508 e. The molecule has 182 valence electrons. The normalized spacial score (nSPS) is 14.8. The summed E-state index contributed by atoms with van der Waals surface area (Å²) in [7, 11) is 0. The molecule has 1 aromatic heterocycles. The summed E-state index contributed by atoms with van der Waals surface area (Å²) in [6.45, 7) is 6.76. The van der Waals surface area contributed by atoms with Crippen molar-refractivity contribution in [2.45, 2.75) is 39.2 Å².